The average molecular weight is 343 g/mol. The molecule has 0 unspecified atom stereocenters. The maximum atomic E-state index is 5.40. The molecule has 0 aliphatic heterocycles. The topological polar surface area (TPSA) is 65.7 Å². The summed E-state index contributed by atoms with van der Waals surface area (Å²) in [5.41, 5.74) is 4.32. The lowest BCUT2D eigenvalue weighted by Crippen LogP contribution is -2.04. The van der Waals surface area contributed by atoms with Crippen LogP contribution in [0.5, 0.6) is 5.75 Å². The van der Waals surface area contributed by atoms with Crippen LogP contribution in [0.2, 0.25) is 0 Å². The number of aryl methyl sites for hydroxylation is 1. The third-order valence-electron chi connectivity index (χ3n) is 3.99. The van der Waals surface area contributed by atoms with E-state index in [1.807, 2.05) is 67.6 Å². The van der Waals surface area contributed by atoms with Crippen molar-refractivity contribution in [2.24, 2.45) is 0 Å². The monoisotopic (exact) mass is 343 g/mol. The highest BCUT2D eigenvalue weighted by molar-refractivity contribution is 5.66. The van der Waals surface area contributed by atoms with E-state index in [9.17, 15) is 0 Å². The number of methoxy groups -OCH3 is 1. The maximum Gasteiger partial charge on any atom is 0.252 e. The molecule has 0 aliphatic rings. The molecular weight excluding hydrogens is 326 g/mol. The second-order valence-corrected chi connectivity index (χ2v) is 5.81. The van der Waals surface area contributed by atoms with Crippen LogP contribution in [0.15, 0.2) is 66.9 Å². The Balaban J connectivity index is 1.75. The first kappa shape index (κ1) is 16.0. The van der Waals surface area contributed by atoms with Crippen LogP contribution in [-0.4, -0.2) is 32.1 Å². The molecule has 0 spiro atoms. The van der Waals surface area contributed by atoms with Gasteiger partial charge in [-0.2, -0.15) is 4.68 Å². The third-order valence-corrected chi connectivity index (χ3v) is 3.99. The summed E-state index contributed by atoms with van der Waals surface area (Å²) in [5.74, 6) is 1.23. The van der Waals surface area contributed by atoms with Crippen LogP contribution in [0.25, 0.3) is 28.5 Å². The summed E-state index contributed by atoms with van der Waals surface area (Å²) >= 11 is 0. The smallest absolute Gasteiger partial charge is 0.252 e. The lowest BCUT2D eigenvalue weighted by atomic mass is 10.1. The molecule has 0 atom stereocenters. The zero-order valence-corrected chi connectivity index (χ0v) is 14.5. The molecule has 128 valence electrons. The summed E-state index contributed by atoms with van der Waals surface area (Å²) < 4.78 is 6.99. The van der Waals surface area contributed by atoms with Gasteiger partial charge in [0, 0.05) is 16.8 Å². The molecule has 6 heteroatoms. The second kappa shape index (κ2) is 6.76. The van der Waals surface area contributed by atoms with Gasteiger partial charge in [-0.15, -0.1) is 5.10 Å². The van der Waals surface area contributed by atoms with Gasteiger partial charge in [0.1, 0.15) is 11.4 Å². The minimum atomic E-state index is 0.484. The van der Waals surface area contributed by atoms with Crippen molar-refractivity contribution in [1.29, 1.82) is 0 Å². The molecule has 4 rings (SSSR count). The van der Waals surface area contributed by atoms with E-state index in [-0.39, 0.29) is 0 Å². The molecule has 0 bridgehead atoms. The molecule has 26 heavy (non-hydrogen) atoms. The zero-order chi connectivity index (χ0) is 17.9. The van der Waals surface area contributed by atoms with Crippen molar-refractivity contribution in [1.82, 2.24) is 25.0 Å². The van der Waals surface area contributed by atoms with Crippen LogP contribution < -0.4 is 4.74 Å². The SMILES string of the molecule is COc1ccccc1-c1cn(-c2nc(C)cc(-c3ccccc3)n2)nn1. The van der Waals surface area contributed by atoms with Crippen LogP contribution >= 0.6 is 0 Å². The molecule has 0 saturated heterocycles. The Morgan fingerprint density at radius 1 is 0.885 bits per heavy atom. The van der Waals surface area contributed by atoms with Gasteiger partial charge >= 0.3 is 0 Å². The molecule has 0 radical (unpaired) electrons. The molecule has 2 aromatic heterocycles. The molecule has 0 amide bonds. The van der Waals surface area contributed by atoms with E-state index in [2.05, 4.69) is 20.3 Å². The Kier molecular flexibility index (Phi) is 4.15. The van der Waals surface area contributed by atoms with Crippen molar-refractivity contribution >= 4 is 0 Å². The fourth-order valence-electron chi connectivity index (χ4n) is 2.75. The van der Waals surface area contributed by atoms with E-state index >= 15 is 0 Å². The Bertz CT molecular complexity index is 1040. The number of nitrogens with zero attached hydrogens (tertiary/aromatic N) is 5. The first-order chi connectivity index (χ1) is 12.7. The number of hydrogen-bond donors (Lipinski definition) is 0. The number of ether oxygens (including phenoxy) is 1. The molecular formula is C20H17N5O. The molecule has 0 saturated carbocycles. The van der Waals surface area contributed by atoms with Crippen LogP contribution in [0, 0.1) is 6.92 Å². The first-order valence-corrected chi connectivity index (χ1v) is 8.22. The minimum absolute atomic E-state index is 0.484. The van der Waals surface area contributed by atoms with Crippen molar-refractivity contribution in [2.75, 3.05) is 7.11 Å². The summed E-state index contributed by atoms with van der Waals surface area (Å²) in [6, 6.07) is 19.6. The van der Waals surface area contributed by atoms with Gasteiger partial charge < -0.3 is 4.74 Å². The van der Waals surface area contributed by atoms with Crippen molar-refractivity contribution in [3.8, 4) is 34.2 Å². The van der Waals surface area contributed by atoms with Crippen molar-refractivity contribution in [2.45, 2.75) is 6.92 Å². The second-order valence-electron chi connectivity index (χ2n) is 5.81. The summed E-state index contributed by atoms with van der Waals surface area (Å²) in [4.78, 5) is 9.14. The van der Waals surface area contributed by atoms with E-state index < -0.39 is 0 Å². The summed E-state index contributed by atoms with van der Waals surface area (Å²) in [6.45, 7) is 1.94. The molecule has 2 aromatic carbocycles. The van der Waals surface area contributed by atoms with E-state index in [1.165, 1.54) is 0 Å². The minimum Gasteiger partial charge on any atom is -0.496 e. The number of rotatable bonds is 4. The zero-order valence-electron chi connectivity index (χ0n) is 14.5. The largest absolute Gasteiger partial charge is 0.496 e. The fraction of sp³-hybridized carbons (Fsp3) is 0.100. The number of para-hydroxylation sites is 1. The molecule has 0 N–H and O–H groups in total. The van der Waals surface area contributed by atoms with Crippen molar-refractivity contribution < 1.29 is 4.74 Å². The lowest BCUT2D eigenvalue weighted by Gasteiger charge is -2.06. The number of hydrogen-bond acceptors (Lipinski definition) is 5. The fourth-order valence-corrected chi connectivity index (χ4v) is 2.75. The molecule has 4 aromatic rings. The van der Waals surface area contributed by atoms with Gasteiger partial charge in [-0.3, -0.25) is 0 Å². The predicted octanol–water partition coefficient (Wildman–Crippen LogP) is 3.71. The number of aromatic nitrogens is 5. The van der Waals surface area contributed by atoms with E-state index in [0.717, 1.165) is 28.3 Å². The molecule has 6 nitrogen and oxygen atoms in total. The van der Waals surface area contributed by atoms with E-state index in [4.69, 9.17) is 4.74 Å². The summed E-state index contributed by atoms with van der Waals surface area (Å²) in [6.07, 6.45) is 1.81. The van der Waals surface area contributed by atoms with E-state index in [0.29, 0.717) is 11.6 Å². The quantitative estimate of drug-likeness (QED) is 0.565. The van der Waals surface area contributed by atoms with Gasteiger partial charge in [0.05, 0.1) is 19.0 Å². The van der Waals surface area contributed by atoms with Crippen LogP contribution in [0.3, 0.4) is 0 Å². The van der Waals surface area contributed by atoms with Crippen molar-refractivity contribution in [3.05, 3.63) is 72.6 Å². The van der Waals surface area contributed by atoms with Gasteiger partial charge in [0.2, 0.25) is 0 Å². The molecule has 2 heterocycles. The van der Waals surface area contributed by atoms with Crippen LogP contribution in [0.4, 0.5) is 0 Å². The predicted molar refractivity (Wildman–Crippen MR) is 99.1 cm³/mol. The lowest BCUT2D eigenvalue weighted by molar-refractivity contribution is 0.416. The normalized spacial score (nSPS) is 10.7. The Morgan fingerprint density at radius 3 is 2.46 bits per heavy atom. The first-order valence-electron chi connectivity index (χ1n) is 8.22. The Hall–Kier alpha value is -3.54. The Morgan fingerprint density at radius 2 is 1.65 bits per heavy atom. The van der Waals surface area contributed by atoms with Gasteiger partial charge in [-0.05, 0) is 25.1 Å². The van der Waals surface area contributed by atoms with E-state index in [1.54, 1.807) is 18.0 Å². The van der Waals surface area contributed by atoms with Gasteiger partial charge in [0.15, 0.2) is 0 Å². The molecule has 0 aliphatic carbocycles. The van der Waals surface area contributed by atoms with Crippen molar-refractivity contribution in [3.63, 3.8) is 0 Å². The summed E-state index contributed by atoms with van der Waals surface area (Å²) in [7, 11) is 1.64. The standard InChI is InChI=1S/C20H17N5O/c1-14-12-17(15-8-4-3-5-9-15)22-20(21-14)25-13-18(23-24-25)16-10-6-7-11-19(16)26-2/h3-13H,1-2H3. The van der Waals surface area contributed by atoms with Gasteiger partial charge in [0.25, 0.3) is 5.95 Å². The van der Waals surface area contributed by atoms with Gasteiger partial charge in [-0.1, -0.05) is 47.7 Å². The Labute approximate surface area is 151 Å². The molecule has 0 fully saturated rings. The third kappa shape index (κ3) is 3.04. The van der Waals surface area contributed by atoms with Gasteiger partial charge in [-0.25, -0.2) is 9.97 Å². The maximum absolute atomic E-state index is 5.40. The average Bonchev–Trinajstić information content (AvgIpc) is 3.18. The van der Waals surface area contributed by atoms with Crippen LogP contribution in [-0.2, 0) is 0 Å². The van der Waals surface area contributed by atoms with Crippen LogP contribution in [0.1, 0.15) is 5.69 Å². The highest BCUT2D eigenvalue weighted by Gasteiger charge is 2.12. The summed E-state index contributed by atoms with van der Waals surface area (Å²) in [5, 5.41) is 8.46. The highest BCUT2D eigenvalue weighted by Crippen LogP contribution is 2.28. The number of benzene rings is 2. The highest BCUT2D eigenvalue weighted by atomic mass is 16.5.